The van der Waals surface area contributed by atoms with Crippen LogP contribution in [0.3, 0.4) is 0 Å². The van der Waals surface area contributed by atoms with Gasteiger partial charge in [-0.2, -0.15) is 0 Å². The second kappa shape index (κ2) is 3.54. The van der Waals surface area contributed by atoms with Crippen molar-refractivity contribution in [3.05, 3.63) is 36.2 Å². The van der Waals surface area contributed by atoms with Crippen molar-refractivity contribution < 1.29 is 0 Å². The number of rotatable bonds is 2. The summed E-state index contributed by atoms with van der Waals surface area (Å²) >= 11 is 0. The third-order valence-corrected chi connectivity index (χ3v) is 2.91. The molecule has 0 saturated heterocycles. The Morgan fingerprint density at radius 2 is 2.00 bits per heavy atom. The first-order valence-corrected chi connectivity index (χ1v) is 5.26. The summed E-state index contributed by atoms with van der Waals surface area (Å²) in [4.78, 5) is 4.39. The van der Waals surface area contributed by atoms with E-state index in [1.807, 2.05) is 6.33 Å². The molecule has 0 bridgehead atoms. The van der Waals surface area contributed by atoms with Crippen molar-refractivity contribution in [2.45, 2.75) is 27.2 Å². The van der Waals surface area contributed by atoms with Crippen molar-refractivity contribution in [3.63, 3.8) is 0 Å². The average Bonchev–Trinajstić information content (AvgIpc) is 2.61. The van der Waals surface area contributed by atoms with Crippen molar-refractivity contribution in [1.82, 2.24) is 9.55 Å². The standard InChI is InChI=1S/C13H16N2/c1-5-11(4)15-8-14-12-6-9(2)10(3)7-13(12)15/h6-8H,4-5H2,1-3H3. The molecule has 0 aliphatic heterocycles. The Bertz CT molecular complexity index is 521. The Kier molecular flexibility index (Phi) is 2.35. The van der Waals surface area contributed by atoms with Gasteiger partial charge in [0.15, 0.2) is 0 Å². The van der Waals surface area contributed by atoms with E-state index in [-0.39, 0.29) is 0 Å². The van der Waals surface area contributed by atoms with Crippen LogP contribution in [0.4, 0.5) is 0 Å². The minimum Gasteiger partial charge on any atom is -0.303 e. The highest BCUT2D eigenvalue weighted by molar-refractivity contribution is 5.80. The van der Waals surface area contributed by atoms with Gasteiger partial charge in [0.2, 0.25) is 0 Å². The van der Waals surface area contributed by atoms with Crippen LogP contribution in [0.1, 0.15) is 24.5 Å². The Labute approximate surface area is 90.3 Å². The summed E-state index contributed by atoms with van der Waals surface area (Å²) in [5.41, 5.74) is 5.88. The van der Waals surface area contributed by atoms with Crippen LogP contribution in [-0.4, -0.2) is 9.55 Å². The van der Waals surface area contributed by atoms with E-state index in [2.05, 4.69) is 49.0 Å². The Morgan fingerprint density at radius 3 is 2.67 bits per heavy atom. The molecule has 1 aromatic heterocycles. The van der Waals surface area contributed by atoms with E-state index in [1.165, 1.54) is 11.1 Å². The first-order chi connectivity index (χ1) is 7.13. The maximum Gasteiger partial charge on any atom is 0.100 e. The Morgan fingerprint density at radius 1 is 1.33 bits per heavy atom. The number of imidazole rings is 1. The van der Waals surface area contributed by atoms with E-state index in [4.69, 9.17) is 0 Å². The predicted octanol–water partition coefficient (Wildman–Crippen LogP) is 3.53. The molecule has 0 amide bonds. The molecule has 0 spiro atoms. The van der Waals surface area contributed by atoms with Crippen molar-refractivity contribution >= 4 is 16.7 Å². The molecule has 0 aliphatic rings. The molecule has 0 radical (unpaired) electrons. The summed E-state index contributed by atoms with van der Waals surface area (Å²) in [6, 6.07) is 4.31. The number of fused-ring (bicyclic) bond motifs is 1. The van der Waals surface area contributed by atoms with Gasteiger partial charge in [0.05, 0.1) is 11.0 Å². The summed E-state index contributed by atoms with van der Waals surface area (Å²) in [5, 5.41) is 0. The van der Waals surface area contributed by atoms with Crippen LogP contribution in [0.25, 0.3) is 16.7 Å². The summed E-state index contributed by atoms with van der Waals surface area (Å²) in [6.07, 6.45) is 2.80. The van der Waals surface area contributed by atoms with Gasteiger partial charge >= 0.3 is 0 Å². The quantitative estimate of drug-likeness (QED) is 0.725. The summed E-state index contributed by atoms with van der Waals surface area (Å²) < 4.78 is 2.07. The molecule has 0 unspecified atom stereocenters. The molecule has 2 rings (SSSR count). The number of benzene rings is 1. The van der Waals surface area contributed by atoms with Gasteiger partial charge in [-0.3, -0.25) is 0 Å². The maximum atomic E-state index is 4.39. The van der Waals surface area contributed by atoms with Crippen LogP contribution in [0, 0.1) is 13.8 Å². The topological polar surface area (TPSA) is 17.8 Å². The number of hydrogen-bond acceptors (Lipinski definition) is 1. The Balaban J connectivity index is 2.69. The van der Waals surface area contributed by atoms with Gasteiger partial charge in [-0.15, -0.1) is 0 Å². The van der Waals surface area contributed by atoms with Gasteiger partial charge in [0.25, 0.3) is 0 Å². The Hall–Kier alpha value is -1.57. The fraction of sp³-hybridized carbons (Fsp3) is 0.308. The highest BCUT2D eigenvalue weighted by Crippen LogP contribution is 2.21. The monoisotopic (exact) mass is 200 g/mol. The number of nitrogens with zero attached hydrogens (tertiary/aromatic N) is 2. The maximum absolute atomic E-state index is 4.39. The van der Waals surface area contributed by atoms with Gasteiger partial charge in [0, 0.05) is 5.70 Å². The van der Waals surface area contributed by atoms with E-state index < -0.39 is 0 Å². The number of allylic oxidation sites excluding steroid dienone is 1. The van der Waals surface area contributed by atoms with Crippen molar-refractivity contribution in [2.75, 3.05) is 0 Å². The van der Waals surface area contributed by atoms with Crippen LogP contribution in [0.2, 0.25) is 0 Å². The molecule has 0 N–H and O–H groups in total. The fourth-order valence-electron chi connectivity index (χ4n) is 1.69. The molecule has 0 fully saturated rings. The second-order valence-electron chi connectivity index (χ2n) is 3.96. The van der Waals surface area contributed by atoms with Crippen LogP contribution in [0.5, 0.6) is 0 Å². The zero-order chi connectivity index (χ0) is 11.0. The van der Waals surface area contributed by atoms with Crippen LogP contribution in [0.15, 0.2) is 25.0 Å². The third-order valence-electron chi connectivity index (χ3n) is 2.91. The van der Waals surface area contributed by atoms with Crippen molar-refractivity contribution in [3.8, 4) is 0 Å². The lowest BCUT2D eigenvalue weighted by Crippen LogP contribution is -1.92. The van der Waals surface area contributed by atoms with E-state index in [9.17, 15) is 0 Å². The molecular weight excluding hydrogens is 184 g/mol. The molecule has 0 aliphatic carbocycles. The zero-order valence-electron chi connectivity index (χ0n) is 9.54. The fourth-order valence-corrected chi connectivity index (χ4v) is 1.69. The highest BCUT2D eigenvalue weighted by Gasteiger charge is 2.05. The van der Waals surface area contributed by atoms with Gasteiger partial charge in [0.1, 0.15) is 6.33 Å². The van der Waals surface area contributed by atoms with E-state index in [0.717, 1.165) is 23.2 Å². The molecular formula is C13H16N2. The number of hydrogen-bond donors (Lipinski definition) is 0. The zero-order valence-corrected chi connectivity index (χ0v) is 9.54. The molecule has 15 heavy (non-hydrogen) atoms. The molecule has 2 heteroatoms. The normalized spacial score (nSPS) is 10.9. The molecule has 2 nitrogen and oxygen atoms in total. The van der Waals surface area contributed by atoms with Crippen LogP contribution in [-0.2, 0) is 0 Å². The minimum atomic E-state index is 0.943. The van der Waals surface area contributed by atoms with Crippen LogP contribution >= 0.6 is 0 Å². The lowest BCUT2D eigenvalue weighted by molar-refractivity contribution is 1.04. The molecule has 1 aromatic carbocycles. The SMILES string of the molecule is C=C(CC)n1cnc2cc(C)c(C)cc21. The summed E-state index contributed by atoms with van der Waals surface area (Å²) in [5.74, 6) is 0. The molecule has 0 atom stereocenters. The highest BCUT2D eigenvalue weighted by atomic mass is 15.0. The number of aryl methyl sites for hydroxylation is 2. The van der Waals surface area contributed by atoms with Gasteiger partial charge in [-0.05, 0) is 43.5 Å². The van der Waals surface area contributed by atoms with Crippen LogP contribution < -0.4 is 0 Å². The van der Waals surface area contributed by atoms with Crippen molar-refractivity contribution in [1.29, 1.82) is 0 Å². The van der Waals surface area contributed by atoms with Gasteiger partial charge in [-0.1, -0.05) is 13.5 Å². The van der Waals surface area contributed by atoms with Gasteiger partial charge < -0.3 is 4.57 Å². The van der Waals surface area contributed by atoms with Crippen molar-refractivity contribution in [2.24, 2.45) is 0 Å². The second-order valence-corrected chi connectivity index (χ2v) is 3.96. The van der Waals surface area contributed by atoms with E-state index >= 15 is 0 Å². The van der Waals surface area contributed by atoms with E-state index in [0.29, 0.717) is 0 Å². The summed E-state index contributed by atoms with van der Waals surface area (Å²) in [7, 11) is 0. The molecule has 2 aromatic rings. The lowest BCUT2D eigenvalue weighted by Gasteiger charge is -2.06. The molecule has 1 heterocycles. The largest absolute Gasteiger partial charge is 0.303 e. The smallest absolute Gasteiger partial charge is 0.100 e. The average molecular weight is 200 g/mol. The predicted molar refractivity (Wildman–Crippen MR) is 64.8 cm³/mol. The van der Waals surface area contributed by atoms with Gasteiger partial charge in [-0.25, -0.2) is 4.98 Å². The minimum absolute atomic E-state index is 0.943. The lowest BCUT2D eigenvalue weighted by atomic mass is 10.1. The first kappa shape index (κ1) is 9.97. The summed E-state index contributed by atoms with van der Waals surface area (Å²) in [6.45, 7) is 10.4. The first-order valence-electron chi connectivity index (χ1n) is 5.26. The third kappa shape index (κ3) is 1.56. The van der Waals surface area contributed by atoms with E-state index in [1.54, 1.807) is 0 Å². The molecule has 0 saturated carbocycles. The number of aromatic nitrogens is 2. The molecule has 78 valence electrons.